The molecule has 11 nitrogen and oxygen atoms in total. The maximum Gasteiger partial charge on any atom is 0.306 e. The Morgan fingerprint density at radius 1 is 1.18 bits per heavy atom. The molecule has 13 heteroatoms. The number of nitrogens with one attached hydrogen (secondary N) is 1. The van der Waals surface area contributed by atoms with Gasteiger partial charge in [-0.15, -0.1) is 12.4 Å². The Bertz CT molecular complexity index is 1210. The van der Waals surface area contributed by atoms with Crippen LogP contribution in [0.1, 0.15) is 61.8 Å². The highest BCUT2D eigenvalue weighted by Gasteiger charge is 2.36. The maximum atomic E-state index is 13.2. The number of aliphatic imine (C=N–C) groups is 1. The van der Waals surface area contributed by atoms with Crippen LogP contribution in [0.2, 0.25) is 0 Å². The van der Waals surface area contributed by atoms with Gasteiger partial charge in [-0.3, -0.25) is 14.6 Å². The minimum Gasteiger partial charge on any atom is -0.487 e. The maximum absolute atomic E-state index is 13.2. The van der Waals surface area contributed by atoms with Crippen LogP contribution in [0.3, 0.4) is 0 Å². The zero-order valence-corrected chi connectivity index (χ0v) is 24.3. The molecule has 6 N–H and O–H groups in total. The molecule has 1 amide bonds. The number of nitrogens with zero attached hydrogens (tertiary/aromatic N) is 2. The highest BCUT2D eigenvalue weighted by Crippen LogP contribution is 2.43. The molecule has 1 fully saturated rings. The average Bonchev–Trinajstić information content (AvgIpc) is 3.15. The summed E-state index contributed by atoms with van der Waals surface area (Å²) in [4.78, 5) is 29.5. The molecule has 0 spiro atoms. The quantitative estimate of drug-likeness (QED) is 0.206. The molecule has 1 saturated heterocycles. The molecule has 1 aromatic carbocycles. The summed E-state index contributed by atoms with van der Waals surface area (Å²) in [5.41, 5.74) is 14.4. The van der Waals surface area contributed by atoms with Crippen LogP contribution in [0.5, 0.6) is 5.75 Å². The van der Waals surface area contributed by atoms with Gasteiger partial charge in [0.15, 0.2) is 0 Å². The van der Waals surface area contributed by atoms with E-state index < -0.39 is 33.6 Å². The lowest BCUT2D eigenvalue weighted by Crippen LogP contribution is -2.48. The van der Waals surface area contributed by atoms with Crippen molar-refractivity contribution in [1.82, 2.24) is 9.62 Å². The van der Waals surface area contributed by atoms with E-state index in [0.717, 1.165) is 16.9 Å². The van der Waals surface area contributed by atoms with Crippen molar-refractivity contribution in [1.29, 1.82) is 0 Å². The standard InChI is InChI=1S/C25H39N5O6S.ClH/c1-14-15(2)21(16(3)18-13-25(4,5)36-20(14)18)37(34,35)29-24(27)28-10-6-7-19(26)22(31)30-11-8-17(9-12-30)23(32)33;/h17,19H,6-13,26H2,1-5H3,(H,32,33)(H3,27,28,29);1H. The monoisotopic (exact) mass is 573 g/mol. The molecule has 2 heterocycles. The number of carboxylic acids is 1. The van der Waals surface area contributed by atoms with Crippen molar-refractivity contribution in [2.24, 2.45) is 22.4 Å². The zero-order valence-electron chi connectivity index (χ0n) is 22.7. The van der Waals surface area contributed by atoms with E-state index in [0.29, 0.717) is 56.3 Å². The van der Waals surface area contributed by atoms with E-state index in [2.05, 4.69) is 9.71 Å². The van der Waals surface area contributed by atoms with E-state index in [9.17, 15) is 18.0 Å². The van der Waals surface area contributed by atoms with Crippen LogP contribution in [0.25, 0.3) is 0 Å². The molecule has 0 saturated carbocycles. The van der Waals surface area contributed by atoms with Gasteiger partial charge in [-0.1, -0.05) is 0 Å². The Hall–Kier alpha value is -2.57. The number of hydrogen-bond acceptors (Lipinski definition) is 7. The zero-order chi connectivity index (χ0) is 27.7. The van der Waals surface area contributed by atoms with Crippen LogP contribution >= 0.6 is 12.4 Å². The minimum absolute atomic E-state index is 0. The molecular weight excluding hydrogens is 534 g/mol. The molecule has 3 rings (SSSR count). The van der Waals surface area contributed by atoms with Crippen molar-refractivity contribution in [2.75, 3.05) is 19.6 Å². The lowest BCUT2D eigenvalue weighted by atomic mass is 9.94. The summed E-state index contributed by atoms with van der Waals surface area (Å²) in [6.45, 7) is 10.3. The number of benzene rings is 1. The van der Waals surface area contributed by atoms with Crippen LogP contribution < -0.4 is 20.9 Å². The summed E-state index contributed by atoms with van der Waals surface area (Å²) in [5, 5.41) is 9.09. The summed E-state index contributed by atoms with van der Waals surface area (Å²) in [6, 6.07) is -0.736. The molecule has 38 heavy (non-hydrogen) atoms. The highest BCUT2D eigenvalue weighted by molar-refractivity contribution is 7.90. The second-order valence-corrected chi connectivity index (χ2v) is 12.2. The van der Waals surface area contributed by atoms with Gasteiger partial charge in [0, 0.05) is 31.6 Å². The lowest BCUT2D eigenvalue weighted by molar-refractivity contribution is -0.146. The number of carbonyl (C=O) groups excluding carboxylic acids is 1. The third-order valence-electron chi connectivity index (χ3n) is 7.23. The Morgan fingerprint density at radius 3 is 2.37 bits per heavy atom. The first-order valence-electron chi connectivity index (χ1n) is 12.6. The number of sulfonamides is 1. The topological polar surface area (TPSA) is 177 Å². The fraction of sp³-hybridized carbons (Fsp3) is 0.640. The van der Waals surface area contributed by atoms with Crippen molar-refractivity contribution in [3.8, 4) is 5.75 Å². The van der Waals surface area contributed by atoms with Gasteiger partial charge in [0.2, 0.25) is 11.9 Å². The molecule has 1 atom stereocenters. The molecule has 2 aliphatic rings. The van der Waals surface area contributed by atoms with Gasteiger partial charge in [0.1, 0.15) is 11.4 Å². The Labute approximate surface area is 230 Å². The SMILES string of the molecule is Cc1c(C)c(S(=O)(=O)NC(N)=NCCCC(N)C(=O)N2CCC(C(=O)O)CC2)c(C)c2c1OC(C)(C)C2.Cl. The number of halogens is 1. The normalized spacial score (nSPS) is 18.3. The number of likely N-dealkylation sites (tertiary alicyclic amines) is 1. The first-order chi connectivity index (χ1) is 17.1. The molecule has 1 aromatic rings. The number of amides is 1. The lowest BCUT2D eigenvalue weighted by Gasteiger charge is -2.31. The molecule has 0 aliphatic carbocycles. The van der Waals surface area contributed by atoms with E-state index in [1.165, 1.54) is 0 Å². The van der Waals surface area contributed by atoms with Gasteiger partial charge in [-0.2, -0.15) is 0 Å². The average molecular weight is 574 g/mol. The van der Waals surface area contributed by atoms with E-state index >= 15 is 0 Å². The number of fused-ring (bicyclic) bond motifs is 1. The smallest absolute Gasteiger partial charge is 0.306 e. The molecule has 0 radical (unpaired) electrons. The number of guanidine groups is 1. The van der Waals surface area contributed by atoms with Crippen molar-refractivity contribution in [3.63, 3.8) is 0 Å². The summed E-state index contributed by atoms with van der Waals surface area (Å²) in [5.74, 6) is -0.958. The van der Waals surface area contributed by atoms with Crippen molar-refractivity contribution in [2.45, 2.75) is 83.3 Å². The second-order valence-electron chi connectivity index (χ2n) is 10.6. The van der Waals surface area contributed by atoms with Gasteiger partial charge < -0.3 is 26.2 Å². The van der Waals surface area contributed by atoms with Gasteiger partial charge >= 0.3 is 5.97 Å². The summed E-state index contributed by atoms with van der Waals surface area (Å²) in [6.07, 6.45) is 2.23. The third kappa shape index (κ3) is 6.89. The number of carbonyl (C=O) groups is 2. The van der Waals surface area contributed by atoms with Gasteiger partial charge in [-0.25, -0.2) is 13.1 Å². The highest BCUT2D eigenvalue weighted by atomic mass is 35.5. The minimum atomic E-state index is -3.98. The van der Waals surface area contributed by atoms with Crippen LogP contribution in [0, 0.1) is 26.7 Å². The van der Waals surface area contributed by atoms with E-state index in [1.54, 1.807) is 18.7 Å². The van der Waals surface area contributed by atoms with Gasteiger partial charge in [0.25, 0.3) is 10.0 Å². The fourth-order valence-corrected chi connectivity index (χ4v) is 6.61. The number of aliphatic carboxylic acids is 1. The fourth-order valence-electron chi connectivity index (χ4n) is 5.08. The van der Waals surface area contributed by atoms with Crippen LogP contribution in [0.15, 0.2) is 9.89 Å². The number of carboxylic acid groups (broad SMARTS) is 1. The van der Waals surface area contributed by atoms with E-state index in [-0.39, 0.29) is 35.7 Å². The van der Waals surface area contributed by atoms with Crippen molar-refractivity contribution < 1.29 is 27.9 Å². The van der Waals surface area contributed by atoms with E-state index in [1.807, 2.05) is 20.8 Å². The number of piperidine rings is 1. The molecule has 0 aromatic heterocycles. The third-order valence-corrected chi connectivity index (χ3v) is 8.86. The Kier molecular flexibility index (Phi) is 10.1. The second kappa shape index (κ2) is 12.1. The summed E-state index contributed by atoms with van der Waals surface area (Å²) in [7, 11) is -3.98. The molecule has 214 valence electrons. The first-order valence-corrected chi connectivity index (χ1v) is 14.0. The van der Waals surface area contributed by atoms with Gasteiger partial charge in [0.05, 0.1) is 16.9 Å². The number of hydrogen-bond donors (Lipinski definition) is 4. The first kappa shape index (κ1) is 31.6. The Morgan fingerprint density at radius 2 is 1.79 bits per heavy atom. The van der Waals surface area contributed by atoms with Crippen LogP contribution in [0.4, 0.5) is 0 Å². The van der Waals surface area contributed by atoms with Crippen molar-refractivity contribution >= 4 is 40.3 Å². The number of rotatable bonds is 8. The summed E-state index contributed by atoms with van der Waals surface area (Å²) >= 11 is 0. The Balaban J connectivity index is 0.00000507. The number of ether oxygens (including phenoxy) is 1. The summed E-state index contributed by atoms with van der Waals surface area (Å²) < 4.78 is 34.9. The van der Waals surface area contributed by atoms with Crippen LogP contribution in [-0.2, 0) is 26.0 Å². The van der Waals surface area contributed by atoms with E-state index in [4.69, 9.17) is 21.3 Å². The predicted octanol–water partition coefficient (Wildman–Crippen LogP) is 1.77. The molecule has 2 aliphatic heterocycles. The number of nitrogens with two attached hydrogens (primary N) is 2. The van der Waals surface area contributed by atoms with Crippen molar-refractivity contribution in [3.05, 3.63) is 22.3 Å². The van der Waals surface area contributed by atoms with Crippen LogP contribution in [-0.4, -0.2) is 67.5 Å². The van der Waals surface area contributed by atoms with Gasteiger partial charge in [-0.05, 0) is 77.0 Å². The molecule has 1 unspecified atom stereocenters. The molecule has 0 bridgehead atoms. The predicted molar refractivity (Wildman–Crippen MR) is 147 cm³/mol. The largest absolute Gasteiger partial charge is 0.487 e. The molecular formula is C25H40ClN5O6S.